The van der Waals surface area contributed by atoms with E-state index < -0.39 is 12.0 Å². The molecule has 1 saturated carbocycles. The van der Waals surface area contributed by atoms with Crippen LogP contribution in [0.3, 0.4) is 0 Å². The lowest BCUT2D eigenvalue weighted by molar-refractivity contribution is -0.497. The van der Waals surface area contributed by atoms with Crippen molar-refractivity contribution in [1.29, 1.82) is 0 Å². The molecule has 7 nitrogen and oxygen atoms in total. The van der Waals surface area contributed by atoms with Crippen LogP contribution < -0.4 is 5.32 Å². The van der Waals surface area contributed by atoms with Gasteiger partial charge >= 0.3 is 0 Å². The zero-order valence-electron chi connectivity index (χ0n) is 12.8. The Morgan fingerprint density at radius 2 is 1.81 bits per heavy atom. The second-order valence-corrected chi connectivity index (χ2v) is 7.02. The molecule has 1 saturated heterocycles. The molecule has 0 aromatic carbocycles. The van der Waals surface area contributed by atoms with Crippen LogP contribution in [0.25, 0.3) is 0 Å². The number of carbonyl (C=O) groups excluding carboxylic acids is 2. The molecule has 21 heavy (non-hydrogen) atoms. The quantitative estimate of drug-likeness (QED) is 0.616. The van der Waals surface area contributed by atoms with Crippen LogP contribution in [-0.2, 0) is 9.59 Å². The van der Waals surface area contributed by atoms with Crippen LogP contribution in [0.2, 0.25) is 0 Å². The summed E-state index contributed by atoms with van der Waals surface area (Å²) in [7, 11) is 0. The van der Waals surface area contributed by atoms with E-state index >= 15 is 0 Å². The molecule has 118 valence electrons. The first-order chi connectivity index (χ1) is 9.70. The topological polar surface area (TPSA) is 92.6 Å². The molecule has 2 amide bonds. The zero-order chi connectivity index (χ0) is 15.8. The maximum absolute atomic E-state index is 12.1. The third kappa shape index (κ3) is 3.71. The number of hydrogen-bond donors (Lipinski definition) is 1. The average molecular weight is 297 g/mol. The predicted octanol–water partition coefficient (Wildman–Crippen LogP) is 0.805. The van der Waals surface area contributed by atoms with Gasteiger partial charge in [0.05, 0.1) is 0 Å². The van der Waals surface area contributed by atoms with E-state index in [4.69, 9.17) is 0 Å². The molecule has 0 radical (unpaired) electrons. The summed E-state index contributed by atoms with van der Waals surface area (Å²) in [5, 5.41) is 13.4. The second-order valence-electron chi connectivity index (χ2n) is 7.02. The highest BCUT2D eigenvalue weighted by Crippen LogP contribution is 2.33. The van der Waals surface area contributed by atoms with Crippen LogP contribution in [0.15, 0.2) is 0 Å². The van der Waals surface area contributed by atoms with Crippen molar-refractivity contribution in [1.82, 2.24) is 10.2 Å². The van der Waals surface area contributed by atoms with Gasteiger partial charge < -0.3 is 10.2 Å². The first-order valence-corrected chi connectivity index (χ1v) is 7.43. The second kappa shape index (κ2) is 5.61. The standard InChI is InChI=1S/C14H23N3O4/c1-14(2,3)13(19)16-6-4-9(5-7-16)15-12(18)10-8-11(10)17(20)21/h9-11H,4-8H2,1-3H3,(H,15,18)/t10-,11+/m1/s1. The number of piperidine rings is 1. The van der Waals surface area contributed by atoms with Gasteiger partial charge in [-0.15, -0.1) is 0 Å². The number of amides is 2. The van der Waals surface area contributed by atoms with Gasteiger partial charge in [-0.3, -0.25) is 19.7 Å². The summed E-state index contributed by atoms with van der Waals surface area (Å²) in [5.74, 6) is -0.547. The van der Waals surface area contributed by atoms with Gasteiger partial charge in [0.25, 0.3) is 0 Å². The predicted molar refractivity (Wildman–Crippen MR) is 76.1 cm³/mol. The number of rotatable bonds is 3. The van der Waals surface area contributed by atoms with Gasteiger partial charge in [-0.05, 0) is 12.8 Å². The molecule has 1 aliphatic carbocycles. The van der Waals surface area contributed by atoms with Gasteiger partial charge in [0, 0.05) is 35.9 Å². The summed E-state index contributed by atoms with van der Waals surface area (Å²) >= 11 is 0. The van der Waals surface area contributed by atoms with E-state index in [1.807, 2.05) is 25.7 Å². The van der Waals surface area contributed by atoms with Gasteiger partial charge in [-0.25, -0.2) is 0 Å². The van der Waals surface area contributed by atoms with Crippen LogP contribution in [0.1, 0.15) is 40.0 Å². The number of nitrogens with zero attached hydrogens (tertiary/aromatic N) is 2. The first kappa shape index (κ1) is 15.7. The molecule has 2 fully saturated rings. The summed E-state index contributed by atoms with van der Waals surface area (Å²) in [5.41, 5.74) is -0.386. The smallest absolute Gasteiger partial charge is 0.230 e. The number of carbonyl (C=O) groups is 2. The van der Waals surface area contributed by atoms with Gasteiger partial charge in [-0.1, -0.05) is 20.8 Å². The van der Waals surface area contributed by atoms with E-state index in [1.54, 1.807) is 0 Å². The lowest BCUT2D eigenvalue weighted by atomic mass is 9.93. The Morgan fingerprint density at radius 3 is 2.24 bits per heavy atom. The molecule has 1 aliphatic heterocycles. The highest BCUT2D eigenvalue weighted by atomic mass is 16.6. The van der Waals surface area contributed by atoms with Crippen molar-refractivity contribution in [3.8, 4) is 0 Å². The van der Waals surface area contributed by atoms with Crippen LogP contribution >= 0.6 is 0 Å². The van der Waals surface area contributed by atoms with E-state index in [0.29, 0.717) is 32.4 Å². The molecule has 0 bridgehead atoms. The van der Waals surface area contributed by atoms with Crippen molar-refractivity contribution in [3.05, 3.63) is 10.1 Å². The largest absolute Gasteiger partial charge is 0.353 e. The molecule has 2 aliphatic rings. The first-order valence-electron chi connectivity index (χ1n) is 7.43. The molecular weight excluding hydrogens is 274 g/mol. The van der Waals surface area contributed by atoms with Crippen LogP contribution in [0, 0.1) is 21.4 Å². The van der Waals surface area contributed by atoms with E-state index in [2.05, 4.69) is 5.32 Å². The van der Waals surface area contributed by atoms with E-state index in [1.165, 1.54) is 0 Å². The van der Waals surface area contributed by atoms with Gasteiger partial charge in [-0.2, -0.15) is 0 Å². The minimum Gasteiger partial charge on any atom is -0.353 e. The fraction of sp³-hybridized carbons (Fsp3) is 0.857. The Hall–Kier alpha value is -1.66. The van der Waals surface area contributed by atoms with E-state index in [-0.39, 0.29) is 28.2 Å². The maximum atomic E-state index is 12.1. The van der Waals surface area contributed by atoms with Crippen molar-refractivity contribution in [2.45, 2.75) is 52.1 Å². The summed E-state index contributed by atoms with van der Waals surface area (Å²) in [6, 6.07) is -0.679. The summed E-state index contributed by atoms with van der Waals surface area (Å²) in [4.78, 5) is 36.0. The number of nitro groups is 1. The molecule has 0 unspecified atom stereocenters. The Kier molecular flexibility index (Phi) is 4.20. The monoisotopic (exact) mass is 297 g/mol. The molecule has 1 heterocycles. The SMILES string of the molecule is CC(C)(C)C(=O)N1CCC(NC(=O)[C@@H]2C[C@@H]2[N+](=O)[O-])CC1. The van der Waals surface area contributed by atoms with Crippen LogP contribution in [0.5, 0.6) is 0 Å². The molecule has 0 spiro atoms. The zero-order valence-corrected chi connectivity index (χ0v) is 12.8. The molecule has 2 rings (SSSR count). The van der Waals surface area contributed by atoms with Crippen LogP contribution in [0.4, 0.5) is 0 Å². The number of likely N-dealkylation sites (tertiary alicyclic amines) is 1. The van der Waals surface area contributed by atoms with E-state index in [0.717, 1.165) is 0 Å². The van der Waals surface area contributed by atoms with Gasteiger partial charge in [0.2, 0.25) is 17.9 Å². The third-order valence-corrected chi connectivity index (χ3v) is 4.13. The Bertz CT molecular complexity index is 450. The normalized spacial score (nSPS) is 26.3. The van der Waals surface area contributed by atoms with Gasteiger partial charge in [0.1, 0.15) is 5.92 Å². The van der Waals surface area contributed by atoms with Crippen molar-refractivity contribution in [2.75, 3.05) is 13.1 Å². The molecule has 0 aromatic rings. The van der Waals surface area contributed by atoms with Crippen molar-refractivity contribution in [2.24, 2.45) is 11.3 Å². The Balaban J connectivity index is 1.76. The lowest BCUT2D eigenvalue weighted by Gasteiger charge is -2.36. The highest BCUT2D eigenvalue weighted by Gasteiger charge is 2.53. The third-order valence-electron chi connectivity index (χ3n) is 4.13. The molecule has 0 aromatic heterocycles. The molecule has 1 N–H and O–H groups in total. The summed E-state index contributed by atoms with van der Waals surface area (Å²) in [6.07, 6.45) is 1.77. The Morgan fingerprint density at radius 1 is 1.24 bits per heavy atom. The highest BCUT2D eigenvalue weighted by molar-refractivity contribution is 5.83. The summed E-state index contributed by atoms with van der Waals surface area (Å²) in [6.45, 7) is 6.95. The Labute approximate surface area is 124 Å². The fourth-order valence-electron chi connectivity index (χ4n) is 2.71. The molecular formula is C14H23N3O4. The fourth-order valence-corrected chi connectivity index (χ4v) is 2.71. The lowest BCUT2D eigenvalue weighted by Crippen LogP contribution is -2.49. The van der Waals surface area contributed by atoms with Crippen molar-refractivity contribution in [3.63, 3.8) is 0 Å². The minimum absolute atomic E-state index is 0.0227. The maximum Gasteiger partial charge on any atom is 0.230 e. The molecule has 2 atom stereocenters. The number of hydrogen-bond acceptors (Lipinski definition) is 4. The molecule has 7 heteroatoms. The van der Waals surface area contributed by atoms with E-state index in [9.17, 15) is 19.7 Å². The minimum atomic E-state index is -0.701. The van der Waals surface area contributed by atoms with Gasteiger partial charge in [0.15, 0.2) is 0 Å². The van der Waals surface area contributed by atoms with Crippen molar-refractivity contribution < 1.29 is 14.5 Å². The van der Waals surface area contributed by atoms with Crippen molar-refractivity contribution >= 4 is 11.8 Å². The van der Waals surface area contributed by atoms with Crippen LogP contribution in [-0.4, -0.2) is 46.8 Å². The number of nitrogens with one attached hydrogen (secondary N) is 1. The average Bonchev–Trinajstić information content (AvgIpc) is 3.18. The summed E-state index contributed by atoms with van der Waals surface area (Å²) < 4.78 is 0.